The lowest BCUT2D eigenvalue weighted by atomic mass is 10.0. The summed E-state index contributed by atoms with van der Waals surface area (Å²) < 4.78 is 16.0. The van der Waals surface area contributed by atoms with E-state index < -0.39 is 18.1 Å². The molecule has 0 fully saturated rings. The molecule has 0 aliphatic carbocycles. The maximum Gasteiger partial charge on any atom is 0.417 e. The first-order chi connectivity index (χ1) is 15.6. The zero-order chi connectivity index (χ0) is 22.5. The van der Waals surface area contributed by atoms with Gasteiger partial charge in [-0.05, 0) is 28.8 Å². The highest BCUT2D eigenvalue weighted by molar-refractivity contribution is 5.97. The van der Waals surface area contributed by atoms with Crippen molar-refractivity contribution in [2.45, 2.75) is 12.5 Å². The molecule has 0 N–H and O–H groups in total. The minimum Gasteiger partial charge on any atom is -0.467 e. The molecule has 0 spiro atoms. The lowest BCUT2D eigenvalue weighted by Gasteiger charge is -2.26. The van der Waals surface area contributed by atoms with Gasteiger partial charge in [0.1, 0.15) is 11.6 Å². The number of fused-ring (bicyclic) bond motifs is 1. The molecule has 4 rings (SSSR count). The Morgan fingerprint density at radius 2 is 1.53 bits per heavy atom. The van der Waals surface area contributed by atoms with E-state index in [9.17, 15) is 9.59 Å². The summed E-state index contributed by atoms with van der Waals surface area (Å²) in [7, 11) is 2.56. The zero-order valence-electron chi connectivity index (χ0n) is 17.9. The number of hydrogen-bond donors (Lipinski definition) is 0. The van der Waals surface area contributed by atoms with Crippen molar-refractivity contribution in [3.05, 3.63) is 90.5 Å². The van der Waals surface area contributed by atoms with Crippen molar-refractivity contribution in [1.29, 1.82) is 0 Å². The van der Waals surface area contributed by atoms with Gasteiger partial charge in [-0.25, -0.2) is 14.5 Å². The number of nitrogens with zero attached hydrogens (tertiary/aromatic N) is 1. The summed E-state index contributed by atoms with van der Waals surface area (Å²) in [6, 6.07) is 25.9. The number of amides is 1. The lowest BCUT2D eigenvalue weighted by molar-refractivity contribution is -0.142. The smallest absolute Gasteiger partial charge is 0.417 e. The van der Waals surface area contributed by atoms with Gasteiger partial charge < -0.3 is 13.9 Å². The fourth-order valence-corrected chi connectivity index (χ4v) is 3.68. The Morgan fingerprint density at radius 3 is 2.19 bits per heavy atom. The Bertz CT molecular complexity index is 1220. The monoisotopic (exact) mass is 429 g/mol. The van der Waals surface area contributed by atoms with Crippen LogP contribution in [0, 0.1) is 0 Å². The fourth-order valence-electron chi connectivity index (χ4n) is 3.68. The van der Waals surface area contributed by atoms with Crippen molar-refractivity contribution in [3.63, 3.8) is 0 Å². The first-order valence-corrected chi connectivity index (χ1v) is 10.2. The molecule has 1 amide bonds. The van der Waals surface area contributed by atoms with Gasteiger partial charge in [0.15, 0.2) is 0 Å². The normalized spacial score (nSPS) is 11.7. The Labute approximate surface area is 186 Å². The molecule has 0 unspecified atom stereocenters. The predicted molar refractivity (Wildman–Crippen MR) is 122 cm³/mol. The summed E-state index contributed by atoms with van der Waals surface area (Å²) >= 11 is 0. The van der Waals surface area contributed by atoms with Gasteiger partial charge in [0.2, 0.25) is 5.88 Å². The van der Waals surface area contributed by atoms with E-state index in [1.807, 2.05) is 78.9 Å². The van der Waals surface area contributed by atoms with E-state index >= 15 is 0 Å². The number of carbonyl (C=O) groups excluding carboxylic acids is 2. The van der Waals surface area contributed by atoms with E-state index in [-0.39, 0.29) is 12.3 Å². The minimum atomic E-state index is -0.955. The Kier molecular flexibility index (Phi) is 6.22. The Hall–Kier alpha value is -4.06. The highest BCUT2D eigenvalue weighted by Crippen LogP contribution is 2.32. The first kappa shape index (κ1) is 21.2. The summed E-state index contributed by atoms with van der Waals surface area (Å²) in [5.41, 5.74) is 3.55. The summed E-state index contributed by atoms with van der Waals surface area (Å²) in [5, 5.41) is 0.804. The molecule has 0 radical (unpaired) electrons. The molecule has 3 aromatic carbocycles. The van der Waals surface area contributed by atoms with Crippen LogP contribution in [0.25, 0.3) is 22.1 Å². The van der Waals surface area contributed by atoms with Crippen molar-refractivity contribution >= 4 is 28.9 Å². The second-order valence-electron chi connectivity index (χ2n) is 7.27. The molecule has 1 heterocycles. The molecular weight excluding hydrogens is 406 g/mol. The number of furan rings is 1. The van der Waals surface area contributed by atoms with Crippen LogP contribution >= 0.6 is 0 Å². The molecule has 162 valence electrons. The Balaban J connectivity index is 1.75. The van der Waals surface area contributed by atoms with Crippen molar-refractivity contribution in [2.75, 3.05) is 19.1 Å². The van der Waals surface area contributed by atoms with Crippen LogP contribution in [0.3, 0.4) is 0 Å². The zero-order valence-corrected chi connectivity index (χ0v) is 17.9. The van der Waals surface area contributed by atoms with Crippen molar-refractivity contribution in [2.24, 2.45) is 0 Å². The van der Waals surface area contributed by atoms with Crippen LogP contribution in [-0.4, -0.2) is 32.3 Å². The number of hydrogen-bond acceptors (Lipinski definition) is 5. The third-order valence-electron chi connectivity index (χ3n) is 5.28. The molecular formula is C26H23NO5. The number of benzene rings is 3. The molecule has 32 heavy (non-hydrogen) atoms. The maximum absolute atomic E-state index is 12.8. The van der Waals surface area contributed by atoms with E-state index in [2.05, 4.69) is 0 Å². The van der Waals surface area contributed by atoms with Gasteiger partial charge in [-0.3, -0.25) is 0 Å². The lowest BCUT2D eigenvalue weighted by Crippen LogP contribution is -2.47. The third-order valence-corrected chi connectivity index (χ3v) is 5.28. The molecule has 1 aromatic heterocycles. The molecule has 6 nitrogen and oxygen atoms in total. The maximum atomic E-state index is 12.8. The Morgan fingerprint density at radius 1 is 0.844 bits per heavy atom. The quantitative estimate of drug-likeness (QED) is 0.381. The van der Waals surface area contributed by atoms with E-state index in [1.54, 1.807) is 6.07 Å². The topological polar surface area (TPSA) is 69.0 Å². The van der Waals surface area contributed by atoms with Crippen LogP contribution in [0.15, 0.2) is 89.3 Å². The van der Waals surface area contributed by atoms with Crippen LogP contribution < -0.4 is 4.90 Å². The van der Waals surface area contributed by atoms with Gasteiger partial charge in [-0.15, -0.1) is 0 Å². The SMILES string of the molecule is COC(=O)[C@@H](Cc1ccccc1)N(C(=O)OC)c1cc2cc(-c3ccccc3)ccc2o1. The summed E-state index contributed by atoms with van der Waals surface area (Å²) in [6.45, 7) is 0. The summed E-state index contributed by atoms with van der Waals surface area (Å²) in [4.78, 5) is 26.7. The molecule has 1 atom stereocenters. The summed E-state index contributed by atoms with van der Waals surface area (Å²) in [5.74, 6) is -0.354. The highest BCUT2D eigenvalue weighted by atomic mass is 16.6. The van der Waals surface area contributed by atoms with Gasteiger partial charge in [0.05, 0.1) is 14.2 Å². The molecule has 0 bridgehead atoms. The number of ether oxygens (including phenoxy) is 2. The van der Waals surface area contributed by atoms with Gasteiger partial charge >= 0.3 is 12.1 Å². The number of esters is 1. The fraction of sp³-hybridized carbons (Fsp3) is 0.154. The van der Waals surface area contributed by atoms with Gasteiger partial charge in [0.25, 0.3) is 0 Å². The molecule has 0 saturated heterocycles. The molecule has 4 aromatic rings. The number of methoxy groups -OCH3 is 2. The van der Waals surface area contributed by atoms with Gasteiger partial charge in [-0.1, -0.05) is 66.7 Å². The average Bonchev–Trinajstić information content (AvgIpc) is 3.27. The highest BCUT2D eigenvalue weighted by Gasteiger charge is 2.35. The largest absolute Gasteiger partial charge is 0.467 e. The average molecular weight is 429 g/mol. The number of rotatable bonds is 6. The first-order valence-electron chi connectivity index (χ1n) is 10.2. The van der Waals surface area contributed by atoms with Gasteiger partial charge in [0, 0.05) is 17.9 Å². The summed E-state index contributed by atoms with van der Waals surface area (Å²) in [6.07, 6.45) is -0.465. The van der Waals surface area contributed by atoms with E-state index in [1.165, 1.54) is 19.1 Å². The number of anilines is 1. The van der Waals surface area contributed by atoms with E-state index in [0.717, 1.165) is 22.1 Å². The minimum absolute atomic E-state index is 0.211. The number of carbonyl (C=O) groups is 2. The van der Waals surface area contributed by atoms with Crippen LogP contribution in [-0.2, 0) is 20.7 Å². The predicted octanol–water partition coefficient (Wildman–Crippen LogP) is 5.46. The van der Waals surface area contributed by atoms with Crippen molar-refractivity contribution in [3.8, 4) is 11.1 Å². The van der Waals surface area contributed by atoms with Gasteiger partial charge in [-0.2, -0.15) is 0 Å². The molecule has 0 aliphatic rings. The molecule has 0 saturated carbocycles. The van der Waals surface area contributed by atoms with Crippen LogP contribution in [0.1, 0.15) is 5.56 Å². The van der Waals surface area contributed by atoms with Crippen LogP contribution in [0.5, 0.6) is 0 Å². The third kappa shape index (κ3) is 4.34. The second-order valence-corrected chi connectivity index (χ2v) is 7.27. The van der Waals surface area contributed by atoms with E-state index in [4.69, 9.17) is 13.9 Å². The second kappa shape index (κ2) is 9.39. The molecule has 0 aliphatic heterocycles. The van der Waals surface area contributed by atoms with E-state index in [0.29, 0.717) is 5.58 Å². The standard InChI is InChI=1S/C26H23NO5/c1-30-25(28)22(15-18-9-5-3-6-10-18)27(26(29)31-2)24-17-21-16-20(13-14-23(21)32-24)19-11-7-4-8-12-19/h3-14,16-17,22H,15H2,1-2H3/t22-/m1/s1. The molecule has 6 heteroatoms. The van der Waals surface area contributed by atoms with Crippen LogP contribution in [0.2, 0.25) is 0 Å². The van der Waals surface area contributed by atoms with Crippen molar-refractivity contribution in [1.82, 2.24) is 0 Å². The van der Waals surface area contributed by atoms with Crippen LogP contribution in [0.4, 0.5) is 10.7 Å². The van der Waals surface area contributed by atoms with Crippen molar-refractivity contribution < 1.29 is 23.5 Å².